The molecule has 266 valence electrons. The molecule has 0 N–H and O–H groups in total. The first-order valence-electron chi connectivity index (χ1n) is 19.5. The largest absolute Gasteiger partial charge is 0.308 e. The van der Waals surface area contributed by atoms with Crippen molar-refractivity contribution in [3.8, 4) is 55.6 Å². The lowest BCUT2D eigenvalue weighted by molar-refractivity contribution is 0.660. The molecule has 9 aromatic rings. The number of nitrogens with zero attached hydrogens (tertiary/aromatic N) is 1. The van der Waals surface area contributed by atoms with E-state index in [4.69, 9.17) is 0 Å². The predicted molar refractivity (Wildman–Crippen MR) is 238 cm³/mol. The summed E-state index contributed by atoms with van der Waals surface area (Å²) in [4.78, 5) is 2.58. The van der Waals surface area contributed by atoms with Crippen molar-refractivity contribution in [2.45, 2.75) is 19.3 Å². The highest BCUT2D eigenvalue weighted by Gasteiger charge is 2.39. The van der Waals surface area contributed by atoms with Crippen LogP contribution in [0.2, 0.25) is 0 Å². The van der Waals surface area contributed by atoms with E-state index in [9.17, 15) is 0 Å². The summed E-state index contributed by atoms with van der Waals surface area (Å²) < 4.78 is 0. The van der Waals surface area contributed by atoms with Crippen molar-refractivity contribution in [3.05, 3.63) is 223 Å². The summed E-state index contributed by atoms with van der Waals surface area (Å²) in [6, 6.07) is 77.7. The summed E-state index contributed by atoms with van der Waals surface area (Å²) >= 11 is 0. The Labute approximate surface area is 329 Å². The number of fused-ring (bicyclic) bond motifs is 4. The van der Waals surface area contributed by atoms with Crippen LogP contribution in [-0.4, -0.2) is 0 Å². The van der Waals surface area contributed by atoms with Gasteiger partial charge in [-0.05, 0) is 67.4 Å². The molecule has 0 saturated heterocycles. The van der Waals surface area contributed by atoms with E-state index in [-0.39, 0.29) is 5.41 Å². The van der Waals surface area contributed by atoms with Crippen LogP contribution in [0.25, 0.3) is 66.4 Å². The lowest BCUT2D eigenvalue weighted by Crippen LogP contribution is -2.17. The van der Waals surface area contributed by atoms with Crippen molar-refractivity contribution >= 4 is 27.8 Å². The zero-order chi connectivity index (χ0) is 37.6. The van der Waals surface area contributed by atoms with Gasteiger partial charge in [0.1, 0.15) is 0 Å². The summed E-state index contributed by atoms with van der Waals surface area (Å²) in [5.41, 5.74) is 18.1. The van der Waals surface area contributed by atoms with Gasteiger partial charge >= 0.3 is 0 Å². The average molecular weight is 716 g/mol. The molecule has 0 saturated carbocycles. The minimum Gasteiger partial charge on any atom is -0.308 e. The number of hydrogen-bond acceptors (Lipinski definition) is 1. The minimum atomic E-state index is -0.180. The van der Waals surface area contributed by atoms with Gasteiger partial charge in [0.15, 0.2) is 0 Å². The van der Waals surface area contributed by atoms with E-state index in [0.29, 0.717) is 0 Å². The van der Waals surface area contributed by atoms with Crippen molar-refractivity contribution < 1.29 is 0 Å². The maximum Gasteiger partial charge on any atom is 0.0622 e. The van der Waals surface area contributed by atoms with E-state index < -0.39 is 0 Å². The van der Waals surface area contributed by atoms with Crippen LogP contribution < -0.4 is 4.90 Å². The van der Waals surface area contributed by atoms with Crippen molar-refractivity contribution in [1.29, 1.82) is 0 Å². The molecule has 1 nitrogen and oxygen atoms in total. The third-order valence-electron chi connectivity index (χ3n) is 11.7. The molecule has 1 heteroatoms. The fourth-order valence-electron chi connectivity index (χ4n) is 9.08. The zero-order valence-corrected chi connectivity index (χ0v) is 31.7. The SMILES string of the molecule is CC1(C)c2ccccc2-c2c1ccc(-c1ccccc1)c2N(c1ccccc1-c1ccccc1)c1ccccc1-c1cccc2cccc(-c3ccccc3)c12. The zero-order valence-electron chi connectivity index (χ0n) is 31.7. The summed E-state index contributed by atoms with van der Waals surface area (Å²) in [5, 5.41) is 2.47. The predicted octanol–water partition coefficient (Wildman–Crippen LogP) is 15.3. The smallest absolute Gasteiger partial charge is 0.0622 e. The Kier molecular flexibility index (Phi) is 8.23. The summed E-state index contributed by atoms with van der Waals surface area (Å²) in [7, 11) is 0. The normalized spacial score (nSPS) is 12.6. The van der Waals surface area contributed by atoms with E-state index in [1.54, 1.807) is 0 Å². The highest BCUT2D eigenvalue weighted by molar-refractivity contribution is 6.11. The van der Waals surface area contributed by atoms with E-state index in [1.165, 1.54) is 83.2 Å². The summed E-state index contributed by atoms with van der Waals surface area (Å²) in [6.45, 7) is 4.75. The first-order valence-corrected chi connectivity index (χ1v) is 19.5. The van der Waals surface area contributed by atoms with Gasteiger partial charge in [0.05, 0.1) is 17.1 Å². The van der Waals surface area contributed by atoms with Crippen molar-refractivity contribution in [1.82, 2.24) is 0 Å². The number of para-hydroxylation sites is 2. The molecule has 0 spiro atoms. The maximum atomic E-state index is 2.58. The monoisotopic (exact) mass is 715 g/mol. The highest BCUT2D eigenvalue weighted by atomic mass is 15.2. The van der Waals surface area contributed by atoms with Gasteiger partial charge in [-0.3, -0.25) is 0 Å². The van der Waals surface area contributed by atoms with Crippen molar-refractivity contribution in [2.75, 3.05) is 4.90 Å². The number of anilines is 3. The molecule has 0 fully saturated rings. The van der Waals surface area contributed by atoms with Gasteiger partial charge in [0.25, 0.3) is 0 Å². The van der Waals surface area contributed by atoms with Gasteiger partial charge in [-0.1, -0.05) is 214 Å². The van der Waals surface area contributed by atoms with Crippen LogP contribution in [0, 0.1) is 0 Å². The maximum absolute atomic E-state index is 2.58. The Morgan fingerprint density at radius 1 is 0.321 bits per heavy atom. The number of hydrogen-bond donors (Lipinski definition) is 0. The molecule has 0 radical (unpaired) electrons. The first kappa shape index (κ1) is 33.6. The van der Waals surface area contributed by atoms with Crippen LogP contribution >= 0.6 is 0 Å². The first-order chi connectivity index (χ1) is 27.6. The molecule has 1 aliphatic rings. The Bertz CT molecular complexity index is 2860. The topological polar surface area (TPSA) is 3.24 Å². The molecule has 1 aliphatic carbocycles. The molecule has 0 atom stereocenters. The van der Waals surface area contributed by atoms with Gasteiger partial charge in [-0.2, -0.15) is 0 Å². The van der Waals surface area contributed by atoms with Crippen LogP contribution in [0.5, 0.6) is 0 Å². The summed E-state index contributed by atoms with van der Waals surface area (Å²) in [5.74, 6) is 0. The molecule has 0 amide bonds. The van der Waals surface area contributed by atoms with E-state index in [2.05, 4.69) is 231 Å². The molecular formula is C55H41N. The quantitative estimate of drug-likeness (QED) is 0.159. The Hall–Kier alpha value is -6.96. The second kappa shape index (κ2) is 13.7. The van der Waals surface area contributed by atoms with E-state index >= 15 is 0 Å². The third kappa shape index (κ3) is 5.47. The standard InChI is InChI=1S/C55H41N/c1-55(2)48-33-15-12-30-47(48)53-49(55)37-36-44(40-24-10-5-11-25-40)54(53)56(50-34-16-13-28-42(50)38-20-6-3-7-21-38)51-35-17-14-29-45(51)46-32-19-27-41-26-18-31-43(52(41)46)39-22-8-4-9-23-39/h3-37H,1-2H3. The average Bonchev–Trinajstić information content (AvgIpc) is 3.50. The van der Waals surface area contributed by atoms with Crippen LogP contribution in [-0.2, 0) is 5.41 Å². The molecule has 10 rings (SSSR count). The van der Waals surface area contributed by atoms with Crippen LogP contribution in [0.4, 0.5) is 17.1 Å². The van der Waals surface area contributed by atoms with Gasteiger partial charge in [-0.15, -0.1) is 0 Å². The van der Waals surface area contributed by atoms with Crippen molar-refractivity contribution in [3.63, 3.8) is 0 Å². The lowest BCUT2D eigenvalue weighted by Gasteiger charge is -2.34. The van der Waals surface area contributed by atoms with Crippen molar-refractivity contribution in [2.24, 2.45) is 0 Å². The van der Waals surface area contributed by atoms with Gasteiger partial charge < -0.3 is 4.90 Å². The molecule has 0 bridgehead atoms. The molecule has 0 aromatic heterocycles. The number of benzene rings is 9. The van der Waals surface area contributed by atoms with Gasteiger partial charge in [0.2, 0.25) is 0 Å². The minimum absolute atomic E-state index is 0.180. The molecule has 0 unspecified atom stereocenters. The van der Waals surface area contributed by atoms with E-state index in [1.807, 2.05) is 0 Å². The fourth-order valence-corrected chi connectivity index (χ4v) is 9.08. The summed E-state index contributed by atoms with van der Waals surface area (Å²) in [6.07, 6.45) is 0. The van der Waals surface area contributed by atoms with Crippen LogP contribution in [0.3, 0.4) is 0 Å². The second-order valence-corrected chi connectivity index (χ2v) is 15.2. The Balaban J connectivity index is 1.36. The van der Waals surface area contributed by atoms with Crippen LogP contribution in [0.1, 0.15) is 25.0 Å². The third-order valence-corrected chi connectivity index (χ3v) is 11.7. The van der Waals surface area contributed by atoms with Gasteiger partial charge in [0, 0.05) is 27.7 Å². The highest BCUT2D eigenvalue weighted by Crippen LogP contribution is 2.58. The fraction of sp³-hybridized carbons (Fsp3) is 0.0545. The Morgan fingerprint density at radius 3 is 1.43 bits per heavy atom. The molecule has 56 heavy (non-hydrogen) atoms. The van der Waals surface area contributed by atoms with Crippen LogP contribution in [0.15, 0.2) is 212 Å². The van der Waals surface area contributed by atoms with E-state index in [0.717, 1.165) is 11.4 Å². The molecular weight excluding hydrogens is 675 g/mol. The van der Waals surface area contributed by atoms with Gasteiger partial charge in [-0.25, -0.2) is 0 Å². The molecule has 0 heterocycles. The molecule has 9 aromatic carbocycles. The number of rotatable bonds is 7. The molecule has 0 aliphatic heterocycles. The lowest BCUT2D eigenvalue weighted by atomic mass is 9.81. The Morgan fingerprint density at radius 2 is 0.786 bits per heavy atom. The second-order valence-electron chi connectivity index (χ2n) is 15.2.